The van der Waals surface area contributed by atoms with Crippen LogP contribution in [0.2, 0.25) is 0 Å². The molecule has 131 heavy (non-hydrogen) atoms. The highest BCUT2D eigenvalue weighted by Gasteiger charge is 2.32. The normalized spacial score (nSPS) is 15.6. The summed E-state index contributed by atoms with van der Waals surface area (Å²) in [6.45, 7) is 31.8. The van der Waals surface area contributed by atoms with Crippen LogP contribution in [0.3, 0.4) is 0 Å². The number of hydrogen-bond acceptors (Lipinski definition) is 32. The van der Waals surface area contributed by atoms with Gasteiger partial charge in [0.15, 0.2) is 23.0 Å². The molecule has 0 atom stereocenters. The summed E-state index contributed by atoms with van der Waals surface area (Å²) in [5, 5.41) is 27.0. The number of carbonyl (C=O) groups excluding carboxylic acids is 5. The smallest absolute Gasteiger partial charge is 0.238 e. The second-order valence-electron chi connectivity index (χ2n) is 32.8. The summed E-state index contributed by atoms with van der Waals surface area (Å²) in [6.07, 6.45) is 6.80. The van der Waals surface area contributed by atoms with E-state index in [4.69, 9.17) is 39.0 Å². The number of nitrogens with two attached hydrogens (primary N) is 1. The molecule has 0 unspecified atom stereocenters. The van der Waals surface area contributed by atoms with Gasteiger partial charge in [0.05, 0.1) is 49.2 Å². The van der Waals surface area contributed by atoms with E-state index in [-0.39, 0.29) is 34.4 Å². The zero-order valence-corrected chi connectivity index (χ0v) is 77.6. The second-order valence-corrected chi connectivity index (χ2v) is 39.3. The minimum absolute atomic E-state index is 0.00712. The van der Waals surface area contributed by atoms with Crippen molar-refractivity contribution in [2.24, 2.45) is 5.14 Å². The number of fused-ring (bicyclic) bond motifs is 12. The number of thiophene rings is 4. The van der Waals surface area contributed by atoms with Crippen LogP contribution in [0.15, 0.2) is 145 Å². The minimum Gasteiger partial charge on any atom is -0.484 e. The predicted molar refractivity (Wildman–Crippen MR) is 508 cm³/mol. The first-order valence-electron chi connectivity index (χ1n) is 43.2. The topological polar surface area (TPSA) is 392 Å². The van der Waals surface area contributed by atoms with Gasteiger partial charge in [-0.1, -0.05) is 24.3 Å². The van der Waals surface area contributed by atoms with Crippen molar-refractivity contribution in [3.05, 3.63) is 190 Å². The van der Waals surface area contributed by atoms with Crippen molar-refractivity contribution in [3.63, 3.8) is 0 Å². The maximum Gasteiger partial charge on any atom is 0.238 e. The van der Waals surface area contributed by atoms with Gasteiger partial charge in [-0.3, -0.25) is 43.6 Å². The number of nitrogens with one attached hydrogen (secondary N) is 7. The van der Waals surface area contributed by atoms with Gasteiger partial charge in [-0.25, -0.2) is 53.4 Å². The Morgan fingerprint density at radius 2 is 0.664 bits per heavy atom. The van der Waals surface area contributed by atoms with Crippen LogP contribution in [0.25, 0.3) is 45.0 Å². The Hall–Kier alpha value is -12.5. The van der Waals surface area contributed by atoms with E-state index in [9.17, 15) is 32.4 Å². The van der Waals surface area contributed by atoms with Crippen LogP contribution in [-0.2, 0) is 86.6 Å². The average Bonchev–Trinajstić information content (AvgIpc) is 1.56. The Kier molecular flexibility index (Phi) is 27.9. The van der Waals surface area contributed by atoms with Crippen molar-refractivity contribution in [2.75, 3.05) is 137 Å². The van der Waals surface area contributed by atoms with Crippen LogP contribution in [0.5, 0.6) is 23.0 Å². The lowest BCUT2D eigenvalue weighted by molar-refractivity contribution is -0.131. The van der Waals surface area contributed by atoms with Crippen molar-refractivity contribution in [3.8, 4) is 68.0 Å². The molecule has 0 saturated carbocycles. The molecule has 0 aliphatic carbocycles. The van der Waals surface area contributed by atoms with Crippen molar-refractivity contribution in [1.29, 1.82) is 0 Å². The first-order valence-corrected chi connectivity index (χ1v) is 48.0. The highest BCUT2D eigenvalue weighted by molar-refractivity contribution is 7.89. The Labute approximate surface area is 774 Å². The van der Waals surface area contributed by atoms with E-state index in [0.29, 0.717) is 84.5 Å². The molecule has 8 aliphatic rings. The molecule has 16 heterocycles. The zero-order valence-electron chi connectivity index (χ0n) is 73.6. The molecule has 680 valence electrons. The molecule has 0 spiro atoms. The molecule has 4 aromatic carbocycles. The fourth-order valence-electron chi connectivity index (χ4n) is 16.5. The van der Waals surface area contributed by atoms with Gasteiger partial charge in [-0.05, 0) is 116 Å². The molecule has 4 saturated heterocycles. The van der Waals surface area contributed by atoms with Gasteiger partial charge in [0.1, 0.15) is 49.2 Å². The maximum absolute atomic E-state index is 11.6. The summed E-state index contributed by atoms with van der Waals surface area (Å²) in [7, 11) is -3.81. The van der Waals surface area contributed by atoms with Crippen molar-refractivity contribution in [2.45, 2.75) is 106 Å². The van der Waals surface area contributed by atoms with Crippen LogP contribution in [0.1, 0.15) is 84.8 Å². The summed E-state index contributed by atoms with van der Waals surface area (Å²) in [5.74, 6) is 4.75. The van der Waals surface area contributed by atoms with E-state index in [0.717, 1.165) is 208 Å². The van der Waals surface area contributed by atoms with Crippen LogP contribution in [0.4, 0.5) is 57.9 Å². The molecule has 4 fully saturated rings. The Bertz CT molecular complexity index is 6350. The SMILES string of the molecule is CC(=O)N1CCN(Cc2cc3c(s2)COc2cnc(Nc4cc(C)cc(C)c4)nc2-3)CC1.CC(=O)N1CCN(Cc2cc3c(s2)COc2cnc(Nc4cccc(S(N)(=O)=O)c4)nc2-3)CC1.CC(=O)Nc1cccc(Nc2ncc3c(n2)-c2cc(CN4CCN(C(C)=O)CC4)sc2CO3)c1.CC(=O)Nc1cccc(Nc2ncc3c(n2)-c2cc(CN4CCNCC4)sc2CO3)c1. The third-order valence-electron chi connectivity index (χ3n) is 22.9. The number of amides is 5. The van der Waals surface area contributed by atoms with Crippen molar-refractivity contribution >= 4 is 143 Å². The van der Waals surface area contributed by atoms with Crippen molar-refractivity contribution < 1.29 is 51.3 Å². The molecule has 34 nitrogen and oxygen atoms in total. The number of sulfonamides is 1. The summed E-state index contributed by atoms with van der Waals surface area (Å²) >= 11 is 7.04. The first-order chi connectivity index (χ1) is 63.3. The van der Waals surface area contributed by atoms with Gasteiger partial charge in [-0.15, -0.1) is 45.3 Å². The number of aromatic nitrogens is 8. The highest BCUT2D eigenvalue weighted by Crippen LogP contribution is 2.46. The van der Waals surface area contributed by atoms with E-state index in [1.807, 2.05) is 63.2 Å². The summed E-state index contributed by atoms with van der Waals surface area (Å²) in [6, 6.07) is 36.2. The number of nitrogens with zero attached hydrogens (tertiary/aromatic N) is 15. The number of primary sulfonamides is 1. The quantitative estimate of drug-likeness (QED) is 0.0373. The van der Waals surface area contributed by atoms with Crippen LogP contribution in [-0.4, -0.2) is 217 Å². The van der Waals surface area contributed by atoms with E-state index in [1.165, 1.54) is 66.4 Å². The number of aryl methyl sites for hydroxylation is 2. The monoisotopic (exact) mass is 1860 g/mol. The number of rotatable bonds is 19. The standard InChI is InChI=1S/C24H26N6O3S.C24H27N5O2S.C22H24N6O4S2.C22H24N6O2S/c1-15(31)26-17-4-3-5-18(10-17)27-24-25-12-21-23(28-24)20-11-19(34-22(20)14-33-21)13-29-6-8-30(9-7-29)16(2)32;1-15-8-16(2)10-18(9-15)26-24-25-12-21-23(27-24)20-11-19(32-22(20)14-31-21)13-28-4-6-29(7-5-28)17(3)30;1-14(29)28-7-5-27(6-8-28)12-16-10-18-20(33-16)13-32-19-11-24-22(26-21(18)19)25-15-3-2-4-17(9-15)34(23,30)31;1-14(29)25-15-3-2-4-16(9-15)26-22-24-11-19-21(27-22)18-10-17(31-20(18)13-30-19)12-28-7-5-23-6-8-28/h3-5,10-12H,6-9,13-14H2,1-2H3,(H,26,31)(H,25,27,28);8-12H,4-7,13-14H2,1-3H3,(H,25,26,27);2-4,9-11H,5-8,12-13H2,1H3,(H2,23,30,31)(H,24,25,26);2-4,9-11,23H,5-8,12-13H2,1H3,(H,25,29)(H,24,26,27). The van der Waals surface area contributed by atoms with Gasteiger partial charge in [-0.2, -0.15) is 0 Å². The van der Waals surface area contributed by atoms with Gasteiger partial charge < -0.3 is 70.9 Å². The maximum atomic E-state index is 11.6. The molecule has 8 aliphatic heterocycles. The molecule has 39 heteroatoms. The molecule has 0 radical (unpaired) electrons. The zero-order chi connectivity index (χ0) is 91.0. The van der Waals surface area contributed by atoms with Gasteiger partial charge in [0.25, 0.3) is 0 Å². The Morgan fingerprint density at radius 1 is 0.374 bits per heavy atom. The van der Waals surface area contributed by atoms with Crippen molar-refractivity contribution in [1.82, 2.24) is 79.5 Å². The minimum atomic E-state index is -3.81. The number of carbonyl (C=O) groups is 5. The average molecular weight is 1870 g/mol. The highest BCUT2D eigenvalue weighted by atomic mass is 32.2. The molecule has 9 N–H and O–H groups in total. The van der Waals surface area contributed by atoms with E-state index < -0.39 is 10.0 Å². The lowest BCUT2D eigenvalue weighted by Crippen LogP contribution is -2.47. The molecule has 5 amide bonds. The molecule has 0 bridgehead atoms. The number of anilines is 10. The molecule has 8 aromatic heterocycles. The van der Waals surface area contributed by atoms with Crippen LogP contribution >= 0.6 is 45.3 Å². The molecule has 12 aromatic rings. The Morgan fingerprint density at radius 3 is 0.969 bits per heavy atom. The van der Waals surface area contributed by atoms with Gasteiger partial charge in [0, 0.05) is 241 Å². The number of hydrogen-bond donors (Lipinski definition) is 8. The first kappa shape index (κ1) is 90.4. The molecular weight excluding hydrogens is 1760 g/mol. The Balaban J connectivity index is 0.000000122. The molecular formula is C92H101N23O11S5. The lowest BCUT2D eigenvalue weighted by atomic mass is 10.1. The number of benzene rings is 4. The summed E-state index contributed by atoms with van der Waals surface area (Å²) < 4.78 is 46.9. The number of piperazine rings is 4. The fraction of sp³-hybridized carbons (Fsp3) is 0.337. The van der Waals surface area contributed by atoms with Crippen LogP contribution < -0.4 is 61.3 Å². The largest absolute Gasteiger partial charge is 0.484 e. The number of ether oxygens (including phenoxy) is 4. The third-order valence-corrected chi connectivity index (χ3v) is 28.2. The fourth-order valence-corrected chi connectivity index (χ4v) is 21.5. The van der Waals surface area contributed by atoms with E-state index >= 15 is 0 Å². The van der Waals surface area contributed by atoms with Gasteiger partial charge >= 0.3 is 0 Å². The summed E-state index contributed by atoms with van der Waals surface area (Å²) in [5.41, 5.74) is 14.4. The lowest BCUT2D eigenvalue weighted by Gasteiger charge is -2.33. The second kappa shape index (κ2) is 40.4. The van der Waals surface area contributed by atoms with E-state index in [1.54, 1.807) is 103 Å². The third kappa shape index (κ3) is 22.9. The predicted octanol–water partition coefficient (Wildman–Crippen LogP) is 12.9. The van der Waals surface area contributed by atoms with Crippen LogP contribution in [0, 0.1) is 13.8 Å². The van der Waals surface area contributed by atoms with E-state index in [2.05, 4.69) is 138 Å². The van der Waals surface area contributed by atoms with Gasteiger partial charge in [0.2, 0.25) is 63.4 Å². The summed E-state index contributed by atoms with van der Waals surface area (Å²) in [4.78, 5) is 119. The molecule has 20 rings (SSSR count).